The summed E-state index contributed by atoms with van der Waals surface area (Å²) in [6.07, 6.45) is 6.62. The Labute approximate surface area is 120 Å². The van der Waals surface area contributed by atoms with Crippen molar-refractivity contribution in [2.75, 3.05) is 0 Å². The van der Waals surface area contributed by atoms with Gasteiger partial charge in [-0.25, -0.2) is 0 Å². The number of hydrogen-bond acceptors (Lipinski definition) is 0. The predicted octanol–water partition coefficient (Wildman–Crippen LogP) is 6.13. The van der Waals surface area contributed by atoms with E-state index < -0.39 is 0 Å². The molecule has 0 N–H and O–H groups in total. The van der Waals surface area contributed by atoms with Crippen molar-refractivity contribution in [1.29, 1.82) is 0 Å². The minimum absolute atomic E-state index is 0.269. The van der Waals surface area contributed by atoms with Crippen molar-refractivity contribution < 1.29 is 0 Å². The van der Waals surface area contributed by atoms with E-state index in [2.05, 4.69) is 65.8 Å². The van der Waals surface area contributed by atoms with Crippen LogP contribution in [0.1, 0.15) is 78.4 Å². The summed E-state index contributed by atoms with van der Waals surface area (Å²) in [5.41, 5.74) is 3.69. The summed E-state index contributed by atoms with van der Waals surface area (Å²) in [5.74, 6) is 0. The predicted molar refractivity (Wildman–Crippen MR) is 86.8 cm³/mol. The van der Waals surface area contributed by atoms with Gasteiger partial charge in [-0.05, 0) is 41.2 Å². The molecule has 0 heterocycles. The Balaban J connectivity index is 2.31. The van der Waals surface area contributed by atoms with Gasteiger partial charge in [0, 0.05) is 0 Å². The second-order valence-electron chi connectivity index (χ2n) is 8.07. The zero-order valence-electron chi connectivity index (χ0n) is 13.8. The van der Waals surface area contributed by atoms with Crippen molar-refractivity contribution in [3.8, 4) is 0 Å². The standard InChI is InChI=1S/C19H32/c1-18(2,3)15-9-7-8-10-16-11-13-17(14-12-16)19(4,5)6/h11-14H,7-10,15H2,1-6H3. The molecule has 1 aromatic rings. The first-order chi connectivity index (χ1) is 8.68. The topological polar surface area (TPSA) is 0 Å². The maximum atomic E-state index is 2.33. The SMILES string of the molecule is CC(C)(C)CCCCCc1ccc(C(C)(C)C)cc1. The largest absolute Gasteiger partial charge is 0.0602 e. The van der Waals surface area contributed by atoms with E-state index in [1.807, 2.05) is 0 Å². The first-order valence-electron chi connectivity index (χ1n) is 7.78. The summed E-state index contributed by atoms with van der Waals surface area (Å²) in [6.45, 7) is 13.8. The molecule has 19 heavy (non-hydrogen) atoms. The van der Waals surface area contributed by atoms with Crippen LogP contribution in [0.4, 0.5) is 0 Å². The lowest BCUT2D eigenvalue weighted by atomic mass is 9.86. The fourth-order valence-electron chi connectivity index (χ4n) is 2.33. The molecule has 0 spiro atoms. The van der Waals surface area contributed by atoms with Crippen LogP contribution in [-0.2, 0) is 11.8 Å². The van der Waals surface area contributed by atoms with Crippen LogP contribution < -0.4 is 0 Å². The molecule has 0 bridgehead atoms. The van der Waals surface area contributed by atoms with Crippen molar-refractivity contribution in [3.63, 3.8) is 0 Å². The molecule has 0 aliphatic heterocycles. The third-order valence-corrected chi connectivity index (χ3v) is 3.71. The van der Waals surface area contributed by atoms with Gasteiger partial charge in [-0.15, -0.1) is 0 Å². The molecule has 0 fully saturated rings. The molecule has 0 amide bonds. The van der Waals surface area contributed by atoms with Crippen LogP contribution in [0.3, 0.4) is 0 Å². The van der Waals surface area contributed by atoms with Gasteiger partial charge in [0.25, 0.3) is 0 Å². The van der Waals surface area contributed by atoms with Crippen molar-refractivity contribution in [2.24, 2.45) is 5.41 Å². The van der Waals surface area contributed by atoms with Gasteiger partial charge in [-0.1, -0.05) is 78.6 Å². The fourth-order valence-corrected chi connectivity index (χ4v) is 2.33. The van der Waals surface area contributed by atoms with Crippen molar-refractivity contribution in [1.82, 2.24) is 0 Å². The Hall–Kier alpha value is -0.780. The molecule has 0 aliphatic rings. The number of benzene rings is 1. The number of aryl methyl sites for hydroxylation is 1. The Morgan fingerprint density at radius 1 is 0.737 bits per heavy atom. The summed E-state index contributed by atoms with van der Waals surface area (Å²) in [6, 6.07) is 9.21. The Bertz CT molecular complexity index is 357. The van der Waals surface area contributed by atoms with Crippen LogP contribution in [0.25, 0.3) is 0 Å². The second-order valence-corrected chi connectivity index (χ2v) is 8.07. The van der Waals surface area contributed by atoms with Gasteiger partial charge < -0.3 is 0 Å². The molecular formula is C19H32. The molecule has 0 atom stereocenters. The fraction of sp³-hybridized carbons (Fsp3) is 0.684. The molecule has 0 saturated carbocycles. The Kier molecular flexibility index (Phi) is 5.64. The minimum atomic E-state index is 0.269. The van der Waals surface area contributed by atoms with Crippen LogP contribution in [0, 0.1) is 5.41 Å². The van der Waals surface area contributed by atoms with Crippen LogP contribution in [0.15, 0.2) is 24.3 Å². The molecule has 0 unspecified atom stereocenters. The minimum Gasteiger partial charge on any atom is -0.0602 e. The highest BCUT2D eigenvalue weighted by atomic mass is 14.2. The highest BCUT2D eigenvalue weighted by molar-refractivity contribution is 5.27. The van der Waals surface area contributed by atoms with Crippen molar-refractivity contribution in [2.45, 2.75) is 79.1 Å². The smallest absolute Gasteiger partial charge is 0.0132 e. The summed E-state index contributed by atoms with van der Waals surface area (Å²) in [7, 11) is 0. The van der Waals surface area contributed by atoms with Gasteiger partial charge >= 0.3 is 0 Å². The van der Waals surface area contributed by atoms with E-state index in [4.69, 9.17) is 0 Å². The molecule has 0 saturated heterocycles. The molecule has 1 aromatic carbocycles. The zero-order valence-corrected chi connectivity index (χ0v) is 13.8. The molecule has 0 heteroatoms. The Morgan fingerprint density at radius 3 is 1.79 bits per heavy atom. The Morgan fingerprint density at radius 2 is 1.32 bits per heavy atom. The lowest BCUT2D eigenvalue weighted by molar-refractivity contribution is 0.358. The third kappa shape index (κ3) is 6.80. The molecule has 108 valence electrons. The van der Waals surface area contributed by atoms with Gasteiger partial charge in [0.15, 0.2) is 0 Å². The van der Waals surface area contributed by atoms with Crippen LogP contribution in [0.5, 0.6) is 0 Å². The van der Waals surface area contributed by atoms with E-state index in [0.29, 0.717) is 5.41 Å². The van der Waals surface area contributed by atoms with Crippen molar-refractivity contribution >= 4 is 0 Å². The lowest BCUT2D eigenvalue weighted by Crippen LogP contribution is -2.10. The normalized spacial score (nSPS) is 12.7. The van der Waals surface area contributed by atoms with E-state index in [-0.39, 0.29) is 5.41 Å². The quantitative estimate of drug-likeness (QED) is 0.558. The zero-order chi connectivity index (χ0) is 14.5. The average Bonchev–Trinajstić information content (AvgIpc) is 2.26. The maximum Gasteiger partial charge on any atom is -0.0132 e. The molecule has 1 rings (SSSR count). The van der Waals surface area contributed by atoms with Gasteiger partial charge in [0.05, 0.1) is 0 Å². The van der Waals surface area contributed by atoms with Crippen LogP contribution in [0.2, 0.25) is 0 Å². The van der Waals surface area contributed by atoms with Gasteiger partial charge in [0.1, 0.15) is 0 Å². The number of hydrogen-bond donors (Lipinski definition) is 0. The average molecular weight is 260 g/mol. The van der Waals surface area contributed by atoms with E-state index in [1.54, 1.807) is 0 Å². The first kappa shape index (κ1) is 16.3. The molecule has 0 aromatic heterocycles. The van der Waals surface area contributed by atoms with Gasteiger partial charge in [0.2, 0.25) is 0 Å². The van der Waals surface area contributed by atoms with Crippen LogP contribution in [-0.4, -0.2) is 0 Å². The molecular weight excluding hydrogens is 228 g/mol. The summed E-state index contributed by atoms with van der Waals surface area (Å²) in [5, 5.41) is 0. The monoisotopic (exact) mass is 260 g/mol. The number of rotatable bonds is 5. The highest BCUT2D eigenvalue weighted by Crippen LogP contribution is 2.24. The first-order valence-corrected chi connectivity index (χ1v) is 7.78. The van der Waals surface area contributed by atoms with Crippen molar-refractivity contribution in [3.05, 3.63) is 35.4 Å². The van der Waals surface area contributed by atoms with Gasteiger partial charge in [-0.2, -0.15) is 0 Å². The van der Waals surface area contributed by atoms with E-state index >= 15 is 0 Å². The van der Waals surface area contributed by atoms with E-state index in [1.165, 1.54) is 43.2 Å². The molecule has 0 nitrogen and oxygen atoms in total. The summed E-state index contributed by atoms with van der Waals surface area (Å²) in [4.78, 5) is 0. The van der Waals surface area contributed by atoms with Gasteiger partial charge in [-0.3, -0.25) is 0 Å². The molecule has 0 aliphatic carbocycles. The highest BCUT2D eigenvalue weighted by Gasteiger charge is 2.12. The lowest BCUT2D eigenvalue weighted by Gasteiger charge is -2.19. The third-order valence-electron chi connectivity index (χ3n) is 3.71. The summed E-state index contributed by atoms with van der Waals surface area (Å²) < 4.78 is 0. The summed E-state index contributed by atoms with van der Waals surface area (Å²) >= 11 is 0. The van der Waals surface area contributed by atoms with E-state index in [9.17, 15) is 0 Å². The number of unbranched alkanes of at least 4 members (excludes halogenated alkanes) is 2. The van der Waals surface area contributed by atoms with E-state index in [0.717, 1.165) is 0 Å². The van der Waals surface area contributed by atoms with Crippen LogP contribution >= 0.6 is 0 Å². The maximum absolute atomic E-state index is 2.33. The molecule has 0 radical (unpaired) electrons. The second kappa shape index (κ2) is 6.59.